The molecule has 0 bridgehead atoms. The molecule has 0 saturated heterocycles. The van der Waals surface area contributed by atoms with Crippen LogP contribution in [0.15, 0.2) is 47.2 Å². The predicted octanol–water partition coefficient (Wildman–Crippen LogP) is 2.71. The molecule has 2 aromatic heterocycles. The fraction of sp³-hybridized carbons (Fsp3) is 0.222. The van der Waals surface area contributed by atoms with Gasteiger partial charge in [-0.25, -0.2) is 4.68 Å². The number of hydrogen-bond donors (Lipinski definition) is 2. The summed E-state index contributed by atoms with van der Waals surface area (Å²) in [6.45, 7) is 0.439. The predicted molar refractivity (Wildman–Crippen MR) is 89.8 cm³/mol. The number of fused-ring (bicyclic) bond motifs is 1. The molecule has 25 heavy (non-hydrogen) atoms. The van der Waals surface area contributed by atoms with E-state index in [0.29, 0.717) is 24.5 Å². The number of nitrogens with zero attached hydrogens (tertiary/aromatic N) is 2. The molecule has 1 aliphatic heterocycles. The number of furan rings is 1. The van der Waals surface area contributed by atoms with Crippen LogP contribution in [0.2, 0.25) is 0 Å². The lowest BCUT2D eigenvalue weighted by atomic mass is 9.87. The van der Waals surface area contributed by atoms with E-state index in [0.717, 1.165) is 16.9 Å². The molecule has 7 heteroatoms. The van der Waals surface area contributed by atoms with Gasteiger partial charge in [-0.2, -0.15) is 5.10 Å². The van der Waals surface area contributed by atoms with Crippen molar-refractivity contribution in [1.29, 1.82) is 0 Å². The zero-order valence-corrected chi connectivity index (χ0v) is 13.6. The number of rotatable bonds is 4. The van der Waals surface area contributed by atoms with Gasteiger partial charge in [-0.05, 0) is 29.8 Å². The van der Waals surface area contributed by atoms with E-state index in [4.69, 9.17) is 9.15 Å². The minimum Gasteiger partial charge on any atom is -0.504 e. The molecule has 128 valence electrons. The van der Waals surface area contributed by atoms with Crippen molar-refractivity contribution in [3.63, 3.8) is 0 Å². The van der Waals surface area contributed by atoms with Crippen molar-refractivity contribution in [1.82, 2.24) is 9.78 Å². The molecule has 1 aromatic carbocycles. The maximum Gasteiger partial charge on any atom is 0.226 e. The zero-order chi connectivity index (χ0) is 17.4. The monoisotopic (exact) mass is 339 g/mol. The largest absolute Gasteiger partial charge is 0.504 e. The number of phenolic OH excluding ortho intramolecular Hbond substituents is 1. The molecule has 3 heterocycles. The third kappa shape index (κ3) is 2.73. The summed E-state index contributed by atoms with van der Waals surface area (Å²) in [7, 11) is 1.50. The Kier molecular flexibility index (Phi) is 3.68. The number of aromatic nitrogens is 2. The van der Waals surface area contributed by atoms with Gasteiger partial charge in [0.15, 0.2) is 11.5 Å². The molecule has 0 saturated carbocycles. The highest BCUT2D eigenvalue weighted by Gasteiger charge is 2.30. The minimum atomic E-state index is -0.149. The quantitative estimate of drug-likeness (QED) is 0.763. The highest BCUT2D eigenvalue weighted by molar-refractivity contribution is 5.94. The fourth-order valence-electron chi connectivity index (χ4n) is 3.15. The first-order valence-corrected chi connectivity index (χ1v) is 7.90. The number of ether oxygens (including phenoxy) is 1. The lowest BCUT2D eigenvalue weighted by molar-refractivity contribution is -0.116. The number of nitrogens with one attached hydrogen (secondary N) is 1. The second-order valence-electron chi connectivity index (χ2n) is 5.92. The van der Waals surface area contributed by atoms with Crippen molar-refractivity contribution in [3.8, 4) is 11.5 Å². The van der Waals surface area contributed by atoms with E-state index >= 15 is 0 Å². The van der Waals surface area contributed by atoms with E-state index in [1.807, 2.05) is 12.1 Å². The van der Waals surface area contributed by atoms with E-state index < -0.39 is 0 Å². The Morgan fingerprint density at radius 2 is 2.32 bits per heavy atom. The zero-order valence-electron chi connectivity index (χ0n) is 13.6. The van der Waals surface area contributed by atoms with Crippen LogP contribution < -0.4 is 10.1 Å². The van der Waals surface area contributed by atoms with Gasteiger partial charge < -0.3 is 19.6 Å². The Labute approximate surface area is 143 Å². The van der Waals surface area contributed by atoms with E-state index in [1.165, 1.54) is 7.11 Å². The number of aromatic hydroxyl groups is 1. The lowest BCUT2D eigenvalue weighted by Gasteiger charge is -2.24. The Bertz CT molecular complexity index is 915. The number of benzene rings is 1. The maximum absolute atomic E-state index is 12.2. The van der Waals surface area contributed by atoms with Gasteiger partial charge in [0.1, 0.15) is 18.1 Å². The van der Waals surface area contributed by atoms with E-state index in [-0.39, 0.29) is 17.6 Å². The van der Waals surface area contributed by atoms with Crippen molar-refractivity contribution in [3.05, 3.63) is 59.7 Å². The van der Waals surface area contributed by atoms with Gasteiger partial charge in [0, 0.05) is 17.9 Å². The van der Waals surface area contributed by atoms with Crippen molar-refractivity contribution in [2.45, 2.75) is 18.9 Å². The van der Waals surface area contributed by atoms with Crippen LogP contribution in [0.1, 0.15) is 29.2 Å². The fourth-order valence-corrected chi connectivity index (χ4v) is 3.15. The van der Waals surface area contributed by atoms with Gasteiger partial charge in [0.05, 0.1) is 19.6 Å². The van der Waals surface area contributed by atoms with Crippen molar-refractivity contribution in [2.24, 2.45) is 0 Å². The molecule has 1 aliphatic rings. The van der Waals surface area contributed by atoms with Gasteiger partial charge in [0.2, 0.25) is 5.91 Å². The Hall–Kier alpha value is -3.22. The number of carbonyl (C=O) groups excluding carboxylic acids is 1. The van der Waals surface area contributed by atoms with Gasteiger partial charge in [-0.15, -0.1) is 0 Å². The van der Waals surface area contributed by atoms with Crippen LogP contribution in [0.4, 0.5) is 5.82 Å². The van der Waals surface area contributed by atoms with Gasteiger partial charge in [0.25, 0.3) is 0 Å². The second kappa shape index (κ2) is 6.01. The highest BCUT2D eigenvalue weighted by atomic mass is 16.5. The number of carbonyl (C=O) groups is 1. The number of amides is 1. The molecule has 0 fully saturated rings. The average Bonchev–Trinajstić information content (AvgIpc) is 3.26. The molecule has 7 nitrogen and oxygen atoms in total. The summed E-state index contributed by atoms with van der Waals surface area (Å²) in [5, 5.41) is 17.1. The van der Waals surface area contributed by atoms with Crippen LogP contribution in [-0.2, 0) is 11.3 Å². The molecule has 0 radical (unpaired) electrons. The first-order chi connectivity index (χ1) is 12.2. The molecule has 2 N–H and O–H groups in total. The Morgan fingerprint density at radius 1 is 1.44 bits per heavy atom. The molecular formula is C18H17N3O4. The van der Waals surface area contributed by atoms with Crippen LogP contribution in [0.25, 0.3) is 0 Å². The first kappa shape index (κ1) is 15.3. The van der Waals surface area contributed by atoms with Crippen LogP contribution in [0.3, 0.4) is 0 Å². The first-order valence-electron chi connectivity index (χ1n) is 7.90. The van der Waals surface area contributed by atoms with Gasteiger partial charge in [-0.3, -0.25) is 4.79 Å². The molecule has 0 spiro atoms. The van der Waals surface area contributed by atoms with Crippen molar-refractivity contribution >= 4 is 11.7 Å². The standard InChI is InChI=1S/C18H17N3O4/c1-24-16-7-11(4-5-15(16)22)13-8-17(23)20-18-14(13)9-19-21(18)10-12-3-2-6-25-12/h2-7,9,13,22H,8,10H2,1H3,(H,20,23)/t13-/m0/s1. The molecule has 3 aromatic rings. The molecule has 4 rings (SSSR count). The third-order valence-electron chi connectivity index (χ3n) is 4.38. The summed E-state index contributed by atoms with van der Waals surface area (Å²) in [5.74, 6) is 1.65. The molecule has 0 aliphatic carbocycles. The van der Waals surface area contributed by atoms with Crippen LogP contribution in [0.5, 0.6) is 11.5 Å². The number of phenols is 1. The lowest BCUT2D eigenvalue weighted by Crippen LogP contribution is -2.25. The van der Waals surface area contributed by atoms with E-state index in [9.17, 15) is 9.90 Å². The summed E-state index contributed by atoms with van der Waals surface area (Å²) >= 11 is 0. The van der Waals surface area contributed by atoms with Crippen molar-refractivity contribution < 1.29 is 19.1 Å². The average molecular weight is 339 g/mol. The maximum atomic E-state index is 12.2. The molecule has 1 atom stereocenters. The molecular weight excluding hydrogens is 322 g/mol. The Morgan fingerprint density at radius 3 is 3.08 bits per heavy atom. The second-order valence-corrected chi connectivity index (χ2v) is 5.92. The Balaban J connectivity index is 1.73. The van der Waals surface area contributed by atoms with Gasteiger partial charge >= 0.3 is 0 Å². The molecule has 1 amide bonds. The summed E-state index contributed by atoms with van der Waals surface area (Å²) < 4.78 is 12.3. The van der Waals surface area contributed by atoms with Gasteiger partial charge in [-0.1, -0.05) is 6.07 Å². The van der Waals surface area contributed by atoms with E-state index in [2.05, 4.69) is 10.4 Å². The van der Waals surface area contributed by atoms with Crippen molar-refractivity contribution in [2.75, 3.05) is 12.4 Å². The number of anilines is 1. The summed E-state index contributed by atoms with van der Waals surface area (Å²) in [5.41, 5.74) is 1.82. The summed E-state index contributed by atoms with van der Waals surface area (Å²) in [6, 6.07) is 8.81. The summed E-state index contributed by atoms with van der Waals surface area (Å²) in [6.07, 6.45) is 3.68. The molecule has 0 unspecified atom stereocenters. The summed E-state index contributed by atoms with van der Waals surface area (Å²) in [4.78, 5) is 12.2. The topological polar surface area (TPSA) is 89.5 Å². The SMILES string of the molecule is COc1cc([C@@H]2CC(=O)Nc3c2cnn3Cc2ccco2)ccc1O. The number of methoxy groups -OCH3 is 1. The van der Waals surface area contributed by atoms with Crippen LogP contribution in [0, 0.1) is 0 Å². The third-order valence-corrected chi connectivity index (χ3v) is 4.38. The minimum absolute atomic E-state index is 0.0697. The number of hydrogen-bond acceptors (Lipinski definition) is 5. The normalized spacial score (nSPS) is 16.4. The smallest absolute Gasteiger partial charge is 0.226 e. The highest BCUT2D eigenvalue weighted by Crippen LogP contribution is 2.39. The van der Waals surface area contributed by atoms with Crippen LogP contribution >= 0.6 is 0 Å². The van der Waals surface area contributed by atoms with Crippen LogP contribution in [-0.4, -0.2) is 27.9 Å². The van der Waals surface area contributed by atoms with E-state index in [1.54, 1.807) is 35.3 Å².